The third kappa shape index (κ3) is 2.56. The summed E-state index contributed by atoms with van der Waals surface area (Å²) in [6.07, 6.45) is -1.43. The third-order valence-corrected chi connectivity index (χ3v) is 3.10. The van der Waals surface area contributed by atoms with Crippen molar-refractivity contribution in [3.63, 3.8) is 0 Å². The van der Waals surface area contributed by atoms with Gasteiger partial charge in [0.2, 0.25) is 0 Å². The lowest BCUT2D eigenvalue weighted by Crippen LogP contribution is -2.22. The van der Waals surface area contributed by atoms with Crippen LogP contribution in [0.5, 0.6) is 0 Å². The number of hydrogen-bond acceptors (Lipinski definition) is 3. The van der Waals surface area contributed by atoms with Crippen molar-refractivity contribution in [2.75, 3.05) is 11.9 Å². The van der Waals surface area contributed by atoms with Gasteiger partial charge in [-0.15, -0.1) is 0 Å². The first-order valence-corrected chi connectivity index (χ1v) is 5.86. The van der Waals surface area contributed by atoms with E-state index in [-0.39, 0.29) is 6.54 Å². The monoisotopic (exact) mass is 275 g/mol. The number of para-hydroxylation sites is 1. The van der Waals surface area contributed by atoms with Gasteiger partial charge in [0.05, 0.1) is 23.7 Å². The molecule has 3 nitrogen and oxygen atoms in total. The van der Waals surface area contributed by atoms with Crippen LogP contribution in [0.15, 0.2) is 18.2 Å². The Morgan fingerprint density at radius 3 is 2.83 bits per heavy atom. The number of carbonyl (C=O) groups excluding carboxylic acids is 1. The molecule has 0 radical (unpaired) electrons. The Balaban J connectivity index is 1.99. The van der Waals surface area contributed by atoms with Crippen molar-refractivity contribution in [3.8, 4) is 0 Å². The van der Waals surface area contributed by atoms with Crippen LogP contribution in [0.25, 0.3) is 0 Å². The van der Waals surface area contributed by atoms with Crippen LogP contribution >= 0.6 is 11.6 Å². The standard InChI is InChI=1S/C12H12ClF2NO2/c1-7-3-2-4-9(13)10(7)16-6-8-5-12(14,15)11(17)18-8/h2-4,8,16H,5-6H2,1H3. The molecule has 0 aromatic heterocycles. The molecule has 1 heterocycles. The Morgan fingerprint density at radius 1 is 1.56 bits per heavy atom. The van der Waals surface area contributed by atoms with Crippen LogP contribution < -0.4 is 5.32 Å². The first kappa shape index (κ1) is 13.1. The van der Waals surface area contributed by atoms with Gasteiger partial charge in [-0.1, -0.05) is 23.7 Å². The summed E-state index contributed by atoms with van der Waals surface area (Å²) in [4.78, 5) is 10.8. The fourth-order valence-corrected chi connectivity index (χ4v) is 2.12. The van der Waals surface area contributed by atoms with Crippen molar-refractivity contribution >= 4 is 23.3 Å². The molecule has 0 amide bonds. The smallest absolute Gasteiger partial charge is 0.377 e. The highest BCUT2D eigenvalue weighted by Crippen LogP contribution is 2.32. The summed E-state index contributed by atoms with van der Waals surface area (Å²) in [7, 11) is 0. The van der Waals surface area contributed by atoms with E-state index in [1.54, 1.807) is 12.1 Å². The maximum atomic E-state index is 12.9. The van der Waals surface area contributed by atoms with Crippen LogP contribution in [-0.4, -0.2) is 24.5 Å². The molecule has 1 aromatic rings. The van der Waals surface area contributed by atoms with Crippen LogP contribution in [0.3, 0.4) is 0 Å². The lowest BCUT2D eigenvalue weighted by molar-refractivity contribution is -0.158. The van der Waals surface area contributed by atoms with Gasteiger partial charge in [-0.25, -0.2) is 4.79 Å². The quantitative estimate of drug-likeness (QED) is 0.862. The van der Waals surface area contributed by atoms with E-state index >= 15 is 0 Å². The van der Waals surface area contributed by atoms with E-state index in [2.05, 4.69) is 10.1 Å². The minimum Gasteiger partial charge on any atom is -0.456 e. The van der Waals surface area contributed by atoms with Crippen LogP contribution in [0.4, 0.5) is 14.5 Å². The summed E-state index contributed by atoms with van der Waals surface area (Å²) >= 11 is 5.98. The summed E-state index contributed by atoms with van der Waals surface area (Å²) in [5, 5.41) is 3.44. The fourth-order valence-electron chi connectivity index (χ4n) is 1.83. The van der Waals surface area contributed by atoms with Gasteiger partial charge in [0, 0.05) is 0 Å². The minimum atomic E-state index is -3.37. The predicted octanol–water partition coefficient (Wildman–Crippen LogP) is 3.01. The molecular formula is C12H12ClF2NO2. The van der Waals surface area contributed by atoms with Gasteiger partial charge in [-0.3, -0.25) is 0 Å². The Kier molecular flexibility index (Phi) is 3.43. The Labute approximate surface area is 108 Å². The molecule has 1 N–H and O–H groups in total. The molecule has 0 spiro atoms. The maximum Gasteiger partial charge on any atom is 0.377 e. The van der Waals surface area contributed by atoms with E-state index in [0.29, 0.717) is 10.7 Å². The summed E-state index contributed by atoms with van der Waals surface area (Å²) in [6, 6.07) is 5.35. The SMILES string of the molecule is Cc1cccc(Cl)c1NCC1CC(F)(F)C(=O)O1. The van der Waals surface area contributed by atoms with Gasteiger partial charge < -0.3 is 10.1 Å². The second-order valence-corrected chi connectivity index (χ2v) is 4.66. The van der Waals surface area contributed by atoms with Crippen molar-refractivity contribution < 1.29 is 18.3 Å². The minimum absolute atomic E-state index is 0.117. The largest absolute Gasteiger partial charge is 0.456 e. The number of anilines is 1. The van der Waals surface area contributed by atoms with E-state index in [4.69, 9.17) is 11.6 Å². The highest BCUT2D eigenvalue weighted by molar-refractivity contribution is 6.33. The summed E-state index contributed by atoms with van der Waals surface area (Å²) in [5.74, 6) is -4.83. The Hall–Kier alpha value is -1.36. The molecule has 1 atom stereocenters. The molecule has 2 rings (SSSR count). The second kappa shape index (κ2) is 4.72. The van der Waals surface area contributed by atoms with Gasteiger partial charge in [0.1, 0.15) is 6.10 Å². The van der Waals surface area contributed by atoms with Crippen molar-refractivity contribution in [3.05, 3.63) is 28.8 Å². The number of cyclic esters (lactones) is 1. The van der Waals surface area contributed by atoms with E-state index in [0.717, 1.165) is 5.56 Å². The van der Waals surface area contributed by atoms with Gasteiger partial charge in [-0.05, 0) is 18.6 Å². The van der Waals surface area contributed by atoms with E-state index in [1.165, 1.54) is 0 Å². The normalized spacial score (nSPS) is 21.8. The Bertz CT molecular complexity index is 459. The highest BCUT2D eigenvalue weighted by Gasteiger charge is 2.50. The van der Waals surface area contributed by atoms with E-state index in [9.17, 15) is 13.6 Å². The van der Waals surface area contributed by atoms with Crippen LogP contribution in [0, 0.1) is 6.92 Å². The molecular weight excluding hydrogens is 264 g/mol. The molecule has 0 aliphatic carbocycles. The Morgan fingerprint density at radius 2 is 2.28 bits per heavy atom. The van der Waals surface area contributed by atoms with Crippen LogP contribution in [-0.2, 0) is 9.53 Å². The number of rotatable bonds is 3. The first-order valence-electron chi connectivity index (χ1n) is 5.48. The molecule has 0 saturated carbocycles. The number of benzene rings is 1. The molecule has 1 unspecified atom stereocenters. The molecule has 6 heteroatoms. The van der Waals surface area contributed by atoms with E-state index in [1.807, 2.05) is 13.0 Å². The number of esters is 1. The lowest BCUT2D eigenvalue weighted by Gasteiger charge is -2.14. The highest BCUT2D eigenvalue weighted by atomic mass is 35.5. The van der Waals surface area contributed by atoms with Gasteiger partial charge >= 0.3 is 11.9 Å². The van der Waals surface area contributed by atoms with E-state index < -0.39 is 24.4 Å². The number of hydrogen-bond donors (Lipinski definition) is 1. The molecule has 1 aliphatic rings. The average molecular weight is 276 g/mol. The zero-order valence-corrected chi connectivity index (χ0v) is 10.4. The number of alkyl halides is 2. The van der Waals surface area contributed by atoms with Gasteiger partial charge in [0.25, 0.3) is 0 Å². The summed E-state index contributed by atoms with van der Waals surface area (Å²) < 4.78 is 30.5. The molecule has 98 valence electrons. The first-order chi connectivity index (χ1) is 8.40. The third-order valence-electron chi connectivity index (χ3n) is 2.78. The predicted molar refractivity (Wildman–Crippen MR) is 64.1 cm³/mol. The van der Waals surface area contributed by atoms with Gasteiger partial charge in [0.15, 0.2) is 0 Å². The average Bonchev–Trinajstić information content (AvgIpc) is 2.52. The zero-order valence-electron chi connectivity index (χ0n) is 9.67. The molecule has 1 saturated heterocycles. The molecule has 1 aromatic carbocycles. The fraction of sp³-hybridized carbons (Fsp3) is 0.417. The van der Waals surface area contributed by atoms with Crippen molar-refractivity contribution in [1.82, 2.24) is 0 Å². The molecule has 0 bridgehead atoms. The molecule has 1 aliphatic heterocycles. The molecule has 18 heavy (non-hydrogen) atoms. The zero-order chi connectivity index (χ0) is 13.3. The van der Waals surface area contributed by atoms with Crippen molar-refractivity contribution in [1.29, 1.82) is 0 Å². The second-order valence-electron chi connectivity index (χ2n) is 4.25. The van der Waals surface area contributed by atoms with Crippen LogP contribution in [0.2, 0.25) is 5.02 Å². The topological polar surface area (TPSA) is 38.3 Å². The van der Waals surface area contributed by atoms with Crippen molar-refractivity contribution in [2.24, 2.45) is 0 Å². The molecule has 1 fully saturated rings. The number of aryl methyl sites for hydroxylation is 1. The number of nitrogens with one attached hydrogen (secondary N) is 1. The number of carbonyl (C=O) groups is 1. The number of ether oxygens (including phenoxy) is 1. The summed E-state index contributed by atoms with van der Waals surface area (Å²) in [6.45, 7) is 1.97. The summed E-state index contributed by atoms with van der Waals surface area (Å²) in [5.41, 5.74) is 1.57. The van der Waals surface area contributed by atoms with Crippen molar-refractivity contribution in [2.45, 2.75) is 25.4 Å². The lowest BCUT2D eigenvalue weighted by atomic mass is 10.1. The van der Waals surface area contributed by atoms with Crippen LogP contribution in [0.1, 0.15) is 12.0 Å². The number of halogens is 3. The van der Waals surface area contributed by atoms with Gasteiger partial charge in [-0.2, -0.15) is 8.78 Å². The maximum absolute atomic E-state index is 12.9.